The minimum Gasteiger partial charge on any atom is -0.472 e. The molecule has 2 spiro atoms. The van der Waals surface area contributed by atoms with Gasteiger partial charge >= 0.3 is 0 Å². The second kappa shape index (κ2) is 8.70. The summed E-state index contributed by atoms with van der Waals surface area (Å²) in [4.78, 5) is 5.86. The van der Waals surface area contributed by atoms with E-state index in [0.717, 1.165) is 23.9 Å². The van der Waals surface area contributed by atoms with E-state index in [4.69, 9.17) is 8.83 Å². The summed E-state index contributed by atoms with van der Waals surface area (Å²) in [6.45, 7) is 7.56. The summed E-state index contributed by atoms with van der Waals surface area (Å²) in [6, 6.07) is 7.04. The molecule has 5 fully saturated rings. The van der Waals surface area contributed by atoms with E-state index >= 15 is 0 Å². The number of hydrogen-bond acceptors (Lipinski definition) is 5. The largest absolute Gasteiger partial charge is 0.472 e. The zero-order valence-corrected chi connectivity index (χ0v) is 22.3. The molecule has 5 aliphatic rings. The van der Waals surface area contributed by atoms with Gasteiger partial charge in [0.15, 0.2) is 0 Å². The maximum Gasteiger partial charge on any atom is 0.0950 e. The summed E-state index contributed by atoms with van der Waals surface area (Å²) in [5.74, 6) is 2.99. The molecule has 35 heavy (non-hydrogen) atoms. The van der Waals surface area contributed by atoms with Crippen molar-refractivity contribution in [2.24, 2.45) is 17.3 Å². The second-order valence-corrected chi connectivity index (χ2v) is 14.4. The van der Waals surface area contributed by atoms with Gasteiger partial charge in [0.1, 0.15) is 0 Å². The van der Waals surface area contributed by atoms with Crippen molar-refractivity contribution in [3.05, 3.63) is 48.3 Å². The van der Waals surface area contributed by atoms with Crippen molar-refractivity contribution in [3.63, 3.8) is 0 Å². The molecule has 7 heterocycles. The molecule has 0 N–H and O–H groups in total. The van der Waals surface area contributed by atoms with E-state index in [1.54, 1.807) is 0 Å². The molecule has 8 atom stereocenters. The van der Waals surface area contributed by atoms with Crippen LogP contribution < -0.4 is 0 Å². The average molecular weight is 495 g/mol. The van der Waals surface area contributed by atoms with Crippen LogP contribution in [0.4, 0.5) is 0 Å². The van der Waals surface area contributed by atoms with Crippen LogP contribution in [0.25, 0.3) is 0 Å². The fraction of sp³-hybridized carbons (Fsp3) is 0.733. The maximum absolute atomic E-state index is 5.54. The molecular weight excluding hydrogens is 452 g/mol. The summed E-state index contributed by atoms with van der Waals surface area (Å²) in [5.41, 5.74) is 3.30. The Morgan fingerprint density at radius 2 is 1.37 bits per heavy atom. The average Bonchev–Trinajstić information content (AvgIpc) is 3.63. The zero-order chi connectivity index (χ0) is 23.6. The van der Waals surface area contributed by atoms with Gasteiger partial charge in [-0.05, 0) is 87.2 Å². The van der Waals surface area contributed by atoms with E-state index in [2.05, 4.69) is 47.5 Å². The Labute approximate surface area is 215 Å². The van der Waals surface area contributed by atoms with Crippen LogP contribution in [0, 0.1) is 17.3 Å². The molecule has 5 aliphatic heterocycles. The lowest BCUT2D eigenvalue weighted by atomic mass is 9.67. The second-order valence-electron chi connectivity index (χ2n) is 13.0. The number of fused-ring (bicyclic) bond motifs is 2. The summed E-state index contributed by atoms with van der Waals surface area (Å²) in [5, 5.41) is 0. The van der Waals surface area contributed by atoms with Crippen molar-refractivity contribution in [1.29, 1.82) is 0 Å². The third-order valence-corrected chi connectivity index (χ3v) is 12.7. The monoisotopic (exact) mass is 494 g/mol. The molecular formula is C30H42N2O2S. The van der Waals surface area contributed by atoms with Gasteiger partial charge in [-0.1, -0.05) is 13.8 Å². The minimum absolute atomic E-state index is 0.439. The van der Waals surface area contributed by atoms with Crippen LogP contribution in [0.1, 0.15) is 94.8 Å². The molecule has 0 aromatic carbocycles. The first-order valence-electron chi connectivity index (χ1n) is 14.2. The minimum atomic E-state index is 0.439. The number of thioether (sulfide) groups is 1. The Hall–Kier alpha value is -1.17. The van der Waals surface area contributed by atoms with Crippen LogP contribution in [-0.2, 0) is 0 Å². The highest BCUT2D eigenvalue weighted by Gasteiger charge is 2.56. The van der Waals surface area contributed by atoms with Crippen LogP contribution >= 0.6 is 11.8 Å². The smallest absolute Gasteiger partial charge is 0.0950 e. The first-order valence-corrected chi connectivity index (χ1v) is 15.2. The number of nitrogens with zero attached hydrogens (tertiary/aromatic N) is 2. The Balaban J connectivity index is 1.13. The van der Waals surface area contributed by atoms with E-state index in [-0.39, 0.29) is 0 Å². The lowest BCUT2D eigenvalue weighted by molar-refractivity contribution is -0.0454. The van der Waals surface area contributed by atoms with Crippen LogP contribution in [-0.4, -0.2) is 45.5 Å². The van der Waals surface area contributed by atoms with Gasteiger partial charge in [-0.15, -0.1) is 0 Å². The van der Waals surface area contributed by atoms with Gasteiger partial charge in [-0.2, -0.15) is 11.8 Å². The van der Waals surface area contributed by atoms with Crippen molar-refractivity contribution >= 4 is 11.8 Å². The molecule has 190 valence electrons. The molecule has 8 unspecified atom stereocenters. The number of hydrogen-bond donors (Lipinski definition) is 0. The quantitative estimate of drug-likeness (QED) is 0.437. The zero-order valence-electron chi connectivity index (χ0n) is 21.5. The lowest BCUT2D eigenvalue weighted by Crippen LogP contribution is -2.57. The predicted molar refractivity (Wildman–Crippen MR) is 141 cm³/mol. The highest BCUT2D eigenvalue weighted by molar-refractivity contribution is 8.01. The normalized spacial score (nSPS) is 44.5. The van der Waals surface area contributed by atoms with Gasteiger partial charge in [0, 0.05) is 58.9 Å². The summed E-state index contributed by atoms with van der Waals surface area (Å²) in [6.07, 6.45) is 20.0. The predicted octanol–water partition coefficient (Wildman–Crippen LogP) is 7.31. The molecule has 2 aromatic heterocycles. The molecule has 0 bridgehead atoms. The third kappa shape index (κ3) is 3.87. The van der Waals surface area contributed by atoms with E-state index in [1.165, 1.54) is 87.8 Å². The van der Waals surface area contributed by atoms with Gasteiger partial charge in [-0.25, -0.2) is 0 Å². The maximum atomic E-state index is 5.54. The first-order chi connectivity index (χ1) is 17.0. The molecule has 0 aliphatic carbocycles. The first kappa shape index (κ1) is 23.0. The topological polar surface area (TPSA) is 32.8 Å². The standard InChI is InChI=1S/C30H42N2O2S/c1-21-3-5-27(23-9-13-33-15-23)31-18-29(11-7-25(21)31)17-30(35-20-29)12-8-26-22(2)4-6-28(32(26)19-30)24-10-14-34-16-24/h9-10,13-16,21-22,25-28H,3-8,11-12,17-20H2,1-2H3. The lowest BCUT2D eigenvalue weighted by Gasteiger charge is -2.55. The van der Waals surface area contributed by atoms with Crippen molar-refractivity contribution in [1.82, 2.24) is 9.80 Å². The Morgan fingerprint density at radius 3 is 1.97 bits per heavy atom. The van der Waals surface area contributed by atoms with E-state index in [0.29, 0.717) is 22.2 Å². The molecule has 7 rings (SSSR count). The Morgan fingerprint density at radius 1 is 0.771 bits per heavy atom. The molecule has 0 saturated carbocycles. The van der Waals surface area contributed by atoms with Crippen LogP contribution in [0.15, 0.2) is 46.0 Å². The highest BCUT2D eigenvalue weighted by Crippen LogP contribution is 2.60. The highest BCUT2D eigenvalue weighted by atomic mass is 32.2. The molecule has 4 nitrogen and oxygen atoms in total. The van der Waals surface area contributed by atoms with Crippen LogP contribution in [0.3, 0.4) is 0 Å². The molecule has 5 heteroatoms. The molecule has 5 saturated heterocycles. The van der Waals surface area contributed by atoms with Crippen molar-refractivity contribution in [3.8, 4) is 0 Å². The Kier molecular flexibility index (Phi) is 5.71. The van der Waals surface area contributed by atoms with Crippen LogP contribution in [0.2, 0.25) is 0 Å². The van der Waals surface area contributed by atoms with Crippen molar-refractivity contribution in [2.75, 3.05) is 18.8 Å². The van der Waals surface area contributed by atoms with E-state index in [9.17, 15) is 0 Å². The van der Waals surface area contributed by atoms with Gasteiger partial charge < -0.3 is 8.83 Å². The summed E-state index contributed by atoms with van der Waals surface area (Å²) < 4.78 is 11.5. The fourth-order valence-corrected chi connectivity index (χ4v) is 10.9. The van der Waals surface area contributed by atoms with E-state index in [1.807, 2.05) is 25.1 Å². The summed E-state index contributed by atoms with van der Waals surface area (Å²) >= 11 is 2.36. The molecule has 0 amide bonds. The fourth-order valence-electron chi connectivity index (χ4n) is 9.03. The van der Waals surface area contributed by atoms with Gasteiger partial charge in [0.25, 0.3) is 0 Å². The number of rotatable bonds is 2. The number of piperidine rings is 4. The van der Waals surface area contributed by atoms with E-state index < -0.39 is 0 Å². The van der Waals surface area contributed by atoms with Crippen molar-refractivity contribution in [2.45, 2.75) is 101 Å². The third-order valence-electron chi connectivity index (χ3n) is 10.8. The van der Waals surface area contributed by atoms with Gasteiger partial charge in [-0.3, -0.25) is 9.80 Å². The van der Waals surface area contributed by atoms with Crippen LogP contribution in [0.5, 0.6) is 0 Å². The van der Waals surface area contributed by atoms with Gasteiger partial charge in [0.2, 0.25) is 0 Å². The molecule has 2 aromatic rings. The van der Waals surface area contributed by atoms with Crippen molar-refractivity contribution < 1.29 is 8.83 Å². The van der Waals surface area contributed by atoms with Gasteiger partial charge in [0.05, 0.1) is 25.1 Å². The molecule has 0 radical (unpaired) electrons. The summed E-state index contributed by atoms with van der Waals surface area (Å²) in [7, 11) is 0. The Bertz CT molecular complexity index is 927. The number of furan rings is 2. The SMILES string of the molecule is CC1CCC(c2ccoc2)N2CC3(CCC12)CSC1(CCC2C(C)CCC(c4ccoc4)N2C1)C3.